The molecule has 0 aliphatic carbocycles. The van der Waals surface area contributed by atoms with Crippen LogP contribution in [0.2, 0.25) is 0 Å². The number of anilines is 1. The van der Waals surface area contributed by atoms with E-state index < -0.39 is 0 Å². The largest absolute Gasteiger partial charge is 0.301 e. The Labute approximate surface area is 179 Å². The Kier molecular flexibility index (Phi) is 7.02. The predicted octanol–water partition coefficient (Wildman–Crippen LogP) is 5.71. The molecular formula is C22H22N4OS2. The van der Waals surface area contributed by atoms with Gasteiger partial charge in [0.1, 0.15) is 11.1 Å². The Hall–Kier alpha value is -2.69. The van der Waals surface area contributed by atoms with Crippen molar-refractivity contribution in [2.24, 2.45) is 0 Å². The second-order valence-electron chi connectivity index (χ2n) is 6.76. The minimum atomic E-state index is -0.360. The lowest BCUT2D eigenvalue weighted by atomic mass is 10.1. The summed E-state index contributed by atoms with van der Waals surface area (Å²) in [6, 6.07) is 15.7. The number of benzene rings is 1. The summed E-state index contributed by atoms with van der Waals surface area (Å²) in [5.41, 5.74) is 3.25. The molecule has 5 nitrogen and oxygen atoms in total. The summed E-state index contributed by atoms with van der Waals surface area (Å²) in [6.07, 6.45) is 0.617. The second kappa shape index (κ2) is 9.68. The van der Waals surface area contributed by atoms with Crippen LogP contribution in [-0.2, 0) is 4.79 Å². The van der Waals surface area contributed by atoms with Crippen molar-refractivity contribution in [3.63, 3.8) is 0 Å². The van der Waals surface area contributed by atoms with Crippen molar-refractivity contribution in [2.45, 2.75) is 43.4 Å². The van der Waals surface area contributed by atoms with E-state index in [1.165, 1.54) is 23.1 Å². The van der Waals surface area contributed by atoms with E-state index in [0.717, 1.165) is 17.0 Å². The van der Waals surface area contributed by atoms with Crippen molar-refractivity contribution in [3.8, 4) is 17.3 Å². The zero-order valence-corrected chi connectivity index (χ0v) is 18.2. The van der Waals surface area contributed by atoms with E-state index >= 15 is 0 Å². The van der Waals surface area contributed by atoms with Crippen LogP contribution in [0.5, 0.6) is 0 Å². The van der Waals surface area contributed by atoms with Gasteiger partial charge in [0.15, 0.2) is 5.13 Å². The third kappa shape index (κ3) is 5.22. The van der Waals surface area contributed by atoms with E-state index in [-0.39, 0.29) is 17.1 Å². The van der Waals surface area contributed by atoms with Crippen LogP contribution < -0.4 is 5.32 Å². The molecule has 0 bridgehead atoms. The van der Waals surface area contributed by atoms with Crippen molar-refractivity contribution < 1.29 is 4.79 Å². The van der Waals surface area contributed by atoms with E-state index in [9.17, 15) is 10.1 Å². The van der Waals surface area contributed by atoms with Gasteiger partial charge in [0.2, 0.25) is 5.91 Å². The number of rotatable bonds is 7. The molecule has 0 fully saturated rings. The Morgan fingerprint density at radius 1 is 1.21 bits per heavy atom. The third-order valence-corrected chi connectivity index (χ3v) is 6.44. The Balaban J connectivity index is 1.74. The molecule has 1 unspecified atom stereocenters. The molecule has 0 saturated carbocycles. The van der Waals surface area contributed by atoms with Crippen molar-refractivity contribution in [1.29, 1.82) is 5.26 Å². The molecule has 3 aromatic rings. The minimum Gasteiger partial charge on any atom is -0.301 e. The van der Waals surface area contributed by atoms with Gasteiger partial charge in [-0.25, -0.2) is 9.97 Å². The Bertz CT molecular complexity index is 1020. The molecule has 0 aliphatic rings. The average Bonchev–Trinajstić information content (AvgIpc) is 3.20. The summed E-state index contributed by atoms with van der Waals surface area (Å²) in [4.78, 5) is 22.0. The fourth-order valence-electron chi connectivity index (χ4n) is 2.67. The van der Waals surface area contributed by atoms with Crippen molar-refractivity contribution in [1.82, 2.24) is 9.97 Å². The molecule has 2 aromatic heterocycles. The van der Waals surface area contributed by atoms with Gasteiger partial charge in [-0.1, -0.05) is 62.9 Å². The van der Waals surface area contributed by atoms with Crippen molar-refractivity contribution >= 4 is 34.1 Å². The van der Waals surface area contributed by atoms with Gasteiger partial charge in [0.25, 0.3) is 0 Å². The standard InChI is InChI=1S/C22H22N4OS2/c1-4-19(29-21-16(12-23)10-11-17(24-21)14(2)3)20(27)26-22-25-18(13-28-22)15-8-6-5-7-9-15/h5-11,13-14,19H,4H2,1-3H3,(H,25,26,27). The lowest BCUT2D eigenvalue weighted by Gasteiger charge is -2.15. The topological polar surface area (TPSA) is 78.7 Å². The molecular weight excluding hydrogens is 400 g/mol. The van der Waals surface area contributed by atoms with Crippen molar-refractivity contribution in [2.75, 3.05) is 5.32 Å². The molecule has 29 heavy (non-hydrogen) atoms. The molecule has 0 saturated heterocycles. The third-order valence-electron chi connectivity index (χ3n) is 4.31. The number of hydrogen-bond acceptors (Lipinski definition) is 6. The van der Waals surface area contributed by atoms with Gasteiger partial charge in [0.05, 0.1) is 16.5 Å². The molecule has 0 radical (unpaired) electrons. The Morgan fingerprint density at radius 3 is 2.62 bits per heavy atom. The van der Waals surface area contributed by atoms with Crippen molar-refractivity contribution in [3.05, 3.63) is 59.1 Å². The van der Waals surface area contributed by atoms with E-state index in [1.807, 2.05) is 48.7 Å². The van der Waals surface area contributed by atoms with Gasteiger partial charge in [-0.2, -0.15) is 5.26 Å². The maximum absolute atomic E-state index is 12.8. The van der Waals surface area contributed by atoms with Gasteiger partial charge in [-0.3, -0.25) is 4.79 Å². The smallest absolute Gasteiger partial charge is 0.239 e. The fraction of sp³-hybridized carbons (Fsp3) is 0.273. The number of aromatic nitrogens is 2. The zero-order valence-electron chi connectivity index (χ0n) is 16.5. The van der Waals surface area contributed by atoms with Gasteiger partial charge >= 0.3 is 0 Å². The Morgan fingerprint density at radius 2 is 1.97 bits per heavy atom. The fourth-order valence-corrected chi connectivity index (χ4v) is 4.39. The first-order valence-corrected chi connectivity index (χ1v) is 11.2. The number of nitrogens with zero attached hydrogens (tertiary/aromatic N) is 3. The molecule has 3 rings (SSSR count). The number of carbonyl (C=O) groups excluding carboxylic acids is 1. The summed E-state index contributed by atoms with van der Waals surface area (Å²) in [7, 11) is 0. The number of hydrogen-bond donors (Lipinski definition) is 1. The first kappa shape index (κ1) is 21.0. The minimum absolute atomic E-state index is 0.132. The lowest BCUT2D eigenvalue weighted by molar-refractivity contribution is -0.115. The van der Waals surface area contributed by atoms with E-state index in [4.69, 9.17) is 0 Å². The van der Waals surface area contributed by atoms with Crippen LogP contribution in [0, 0.1) is 11.3 Å². The molecule has 1 aromatic carbocycles. The molecule has 148 valence electrons. The number of pyridine rings is 1. The summed E-state index contributed by atoms with van der Waals surface area (Å²) < 4.78 is 0. The number of carbonyl (C=O) groups is 1. The average molecular weight is 423 g/mol. The number of amides is 1. The molecule has 0 aliphatic heterocycles. The molecule has 1 atom stereocenters. The highest BCUT2D eigenvalue weighted by Crippen LogP contribution is 2.30. The second-order valence-corrected chi connectivity index (χ2v) is 8.81. The van der Waals surface area contributed by atoms with Crippen LogP contribution in [0.3, 0.4) is 0 Å². The van der Waals surface area contributed by atoms with Crippen LogP contribution in [0.4, 0.5) is 5.13 Å². The van der Waals surface area contributed by atoms with Gasteiger partial charge in [0, 0.05) is 16.6 Å². The van der Waals surface area contributed by atoms with Crippen LogP contribution >= 0.6 is 23.1 Å². The van der Waals surface area contributed by atoms with E-state index in [1.54, 1.807) is 6.07 Å². The van der Waals surface area contributed by atoms with Gasteiger partial charge < -0.3 is 5.32 Å². The van der Waals surface area contributed by atoms with Crippen LogP contribution in [0.1, 0.15) is 44.4 Å². The predicted molar refractivity (Wildman–Crippen MR) is 119 cm³/mol. The summed E-state index contributed by atoms with van der Waals surface area (Å²) in [6.45, 7) is 6.06. The molecule has 2 heterocycles. The first-order valence-electron chi connectivity index (χ1n) is 9.41. The van der Waals surface area contributed by atoms with E-state index in [0.29, 0.717) is 22.1 Å². The number of thioether (sulfide) groups is 1. The quantitative estimate of drug-likeness (QED) is 0.493. The summed E-state index contributed by atoms with van der Waals surface area (Å²) >= 11 is 2.73. The van der Waals surface area contributed by atoms with Crippen LogP contribution in [-0.4, -0.2) is 21.1 Å². The molecule has 7 heteroatoms. The van der Waals surface area contributed by atoms with Gasteiger partial charge in [-0.15, -0.1) is 11.3 Å². The molecule has 1 N–H and O–H groups in total. The number of thiazole rings is 1. The summed E-state index contributed by atoms with van der Waals surface area (Å²) in [5, 5.41) is 15.1. The first-order chi connectivity index (χ1) is 14.0. The van der Waals surface area contributed by atoms with E-state index in [2.05, 4.69) is 35.2 Å². The maximum atomic E-state index is 12.8. The molecule has 0 spiro atoms. The van der Waals surface area contributed by atoms with Crippen LogP contribution in [0.25, 0.3) is 11.3 Å². The van der Waals surface area contributed by atoms with Gasteiger partial charge in [-0.05, 0) is 24.5 Å². The number of nitrogens with one attached hydrogen (secondary N) is 1. The highest BCUT2D eigenvalue weighted by molar-refractivity contribution is 8.00. The maximum Gasteiger partial charge on any atom is 0.239 e. The lowest BCUT2D eigenvalue weighted by Crippen LogP contribution is -2.24. The normalized spacial score (nSPS) is 11.8. The SMILES string of the molecule is CCC(Sc1nc(C(C)C)ccc1C#N)C(=O)Nc1nc(-c2ccccc2)cs1. The zero-order chi connectivity index (χ0) is 20.8. The highest BCUT2D eigenvalue weighted by Gasteiger charge is 2.22. The monoisotopic (exact) mass is 422 g/mol. The molecule has 1 amide bonds. The number of nitriles is 1. The van der Waals surface area contributed by atoms with Crippen LogP contribution in [0.15, 0.2) is 52.9 Å². The highest BCUT2D eigenvalue weighted by atomic mass is 32.2. The summed E-state index contributed by atoms with van der Waals surface area (Å²) in [5.74, 6) is 0.120.